The highest BCUT2D eigenvalue weighted by Gasteiger charge is 2.32. The van der Waals surface area contributed by atoms with Gasteiger partial charge < -0.3 is 15.1 Å². The second-order valence-corrected chi connectivity index (χ2v) is 11.1. The van der Waals surface area contributed by atoms with Crippen molar-refractivity contribution < 1.29 is 4.79 Å². The SMILES string of the molecule is CC(C)(C)CC(=O)N1CCC(N2CCC(Nc3nccc(N4CCCCCC4)n3)C2)CC1. The highest BCUT2D eigenvalue weighted by molar-refractivity contribution is 5.76. The third-order valence-corrected chi connectivity index (χ3v) is 7.14. The molecule has 0 saturated carbocycles. The Morgan fingerprint density at radius 1 is 1.03 bits per heavy atom. The van der Waals surface area contributed by atoms with E-state index in [-0.39, 0.29) is 5.41 Å². The van der Waals surface area contributed by atoms with Gasteiger partial charge in [-0.05, 0) is 43.6 Å². The van der Waals surface area contributed by atoms with Gasteiger partial charge in [0.05, 0.1) is 0 Å². The highest BCUT2D eigenvalue weighted by atomic mass is 16.2. The topological polar surface area (TPSA) is 64.6 Å². The number of anilines is 2. The minimum atomic E-state index is 0.0639. The van der Waals surface area contributed by atoms with Crippen LogP contribution in [0.2, 0.25) is 0 Å². The summed E-state index contributed by atoms with van der Waals surface area (Å²) in [6, 6.07) is 3.03. The van der Waals surface area contributed by atoms with Crippen molar-refractivity contribution in [2.75, 3.05) is 49.5 Å². The lowest BCUT2D eigenvalue weighted by molar-refractivity contribution is -0.134. The van der Waals surface area contributed by atoms with Crippen LogP contribution in [0.15, 0.2) is 12.3 Å². The number of aromatic nitrogens is 2. The third-order valence-electron chi connectivity index (χ3n) is 7.14. The Hall–Kier alpha value is -1.89. The summed E-state index contributed by atoms with van der Waals surface area (Å²) in [5, 5.41) is 3.60. The molecule has 3 aliphatic rings. The van der Waals surface area contributed by atoms with E-state index in [4.69, 9.17) is 4.98 Å². The summed E-state index contributed by atoms with van der Waals surface area (Å²) in [6.45, 7) is 12.6. The molecule has 7 heteroatoms. The van der Waals surface area contributed by atoms with Gasteiger partial charge in [-0.1, -0.05) is 33.6 Å². The molecule has 0 aromatic carbocycles. The van der Waals surface area contributed by atoms with E-state index in [9.17, 15) is 4.79 Å². The average molecular weight is 443 g/mol. The Morgan fingerprint density at radius 2 is 1.75 bits per heavy atom. The van der Waals surface area contributed by atoms with Gasteiger partial charge in [-0.3, -0.25) is 9.69 Å². The molecule has 32 heavy (non-hydrogen) atoms. The largest absolute Gasteiger partial charge is 0.356 e. The van der Waals surface area contributed by atoms with Crippen molar-refractivity contribution in [2.45, 2.75) is 84.2 Å². The molecule has 3 aliphatic heterocycles. The lowest BCUT2D eigenvalue weighted by Crippen LogP contribution is -2.47. The molecule has 4 heterocycles. The molecule has 1 aromatic heterocycles. The zero-order chi connectivity index (χ0) is 22.6. The molecule has 1 N–H and O–H groups in total. The zero-order valence-corrected chi connectivity index (χ0v) is 20.4. The number of rotatable bonds is 5. The Kier molecular flexibility index (Phi) is 7.54. The molecular formula is C25H42N6O. The normalized spacial score (nSPS) is 23.9. The number of hydrogen-bond donors (Lipinski definition) is 1. The lowest BCUT2D eigenvalue weighted by Gasteiger charge is -2.37. The monoisotopic (exact) mass is 442 g/mol. The van der Waals surface area contributed by atoms with Crippen LogP contribution in [0, 0.1) is 5.41 Å². The maximum atomic E-state index is 12.5. The van der Waals surface area contributed by atoms with Crippen molar-refractivity contribution >= 4 is 17.7 Å². The van der Waals surface area contributed by atoms with Gasteiger partial charge in [0.2, 0.25) is 11.9 Å². The molecule has 0 spiro atoms. The van der Waals surface area contributed by atoms with Gasteiger partial charge in [-0.15, -0.1) is 0 Å². The predicted molar refractivity (Wildman–Crippen MR) is 130 cm³/mol. The van der Waals surface area contributed by atoms with Gasteiger partial charge in [-0.25, -0.2) is 4.98 Å². The van der Waals surface area contributed by atoms with Gasteiger partial charge in [0.1, 0.15) is 5.82 Å². The molecule has 1 aromatic rings. The van der Waals surface area contributed by atoms with Gasteiger partial charge in [0, 0.05) is 64.0 Å². The summed E-state index contributed by atoms with van der Waals surface area (Å²) in [4.78, 5) is 29.0. The Bertz CT molecular complexity index is 747. The van der Waals surface area contributed by atoms with Crippen molar-refractivity contribution in [2.24, 2.45) is 5.41 Å². The second-order valence-electron chi connectivity index (χ2n) is 11.1. The van der Waals surface area contributed by atoms with Gasteiger partial charge >= 0.3 is 0 Å². The van der Waals surface area contributed by atoms with Gasteiger partial charge in [0.25, 0.3) is 0 Å². The number of nitrogens with one attached hydrogen (secondary N) is 1. The van der Waals surface area contributed by atoms with Crippen LogP contribution >= 0.6 is 0 Å². The van der Waals surface area contributed by atoms with Gasteiger partial charge in [-0.2, -0.15) is 4.98 Å². The first-order valence-corrected chi connectivity index (χ1v) is 12.7. The minimum Gasteiger partial charge on any atom is -0.356 e. The zero-order valence-electron chi connectivity index (χ0n) is 20.4. The Balaban J connectivity index is 1.25. The molecule has 3 saturated heterocycles. The molecule has 7 nitrogen and oxygen atoms in total. The van der Waals surface area contributed by atoms with E-state index in [1.54, 1.807) is 0 Å². The summed E-state index contributed by atoms with van der Waals surface area (Å²) < 4.78 is 0. The predicted octanol–water partition coefficient (Wildman–Crippen LogP) is 3.77. The number of piperidine rings is 1. The van der Waals surface area contributed by atoms with Crippen molar-refractivity contribution in [3.63, 3.8) is 0 Å². The molecule has 178 valence electrons. The number of nitrogens with zero attached hydrogens (tertiary/aromatic N) is 5. The number of likely N-dealkylation sites (tertiary alicyclic amines) is 2. The van der Waals surface area contributed by atoms with E-state index in [1.165, 1.54) is 25.7 Å². The first kappa shape index (κ1) is 23.3. The fraction of sp³-hybridized carbons (Fsp3) is 0.800. The Morgan fingerprint density at radius 3 is 2.44 bits per heavy atom. The van der Waals surface area contributed by atoms with Crippen molar-refractivity contribution in [1.29, 1.82) is 0 Å². The summed E-state index contributed by atoms with van der Waals surface area (Å²) >= 11 is 0. The van der Waals surface area contributed by atoms with Crippen LogP contribution in [0.3, 0.4) is 0 Å². The molecule has 1 unspecified atom stereocenters. The summed E-state index contributed by atoms with van der Waals surface area (Å²) in [5.74, 6) is 2.14. The molecule has 3 fully saturated rings. The van der Waals surface area contributed by atoms with Crippen LogP contribution in [0.5, 0.6) is 0 Å². The average Bonchev–Trinajstić information content (AvgIpc) is 3.04. The van der Waals surface area contributed by atoms with Crippen LogP contribution in [0.1, 0.15) is 72.1 Å². The third kappa shape index (κ3) is 6.33. The fourth-order valence-electron chi connectivity index (χ4n) is 5.36. The van der Waals surface area contributed by atoms with E-state index in [1.807, 2.05) is 12.3 Å². The number of carbonyl (C=O) groups excluding carboxylic acids is 1. The number of carbonyl (C=O) groups is 1. The lowest BCUT2D eigenvalue weighted by atomic mass is 9.91. The minimum absolute atomic E-state index is 0.0639. The van der Waals surface area contributed by atoms with Crippen LogP contribution < -0.4 is 10.2 Å². The quantitative estimate of drug-likeness (QED) is 0.749. The van der Waals surface area contributed by atoms with Gasteiger partial charge in [0.15, 0.2) is 0 Å². The van der Waals surface area contributed by atoms with E-state index in [2.05, 4.69) is 45.8 Å². The summed E-state index contributed by atoms with van der Waals surface area (Å²) in [7, 11) is 0. The van der Waals surface area contributed by atoms with Crippen LogP contribution in [0.25, 0.3) is 0 Å². The first-order chi connectivity index (χ1) is 15.4. The molecule has 0 bridgehead atoms. The molecule has 4 rings (SSSR count). The van der Waals surface area contributed by atoms with Crippen LogP contribution in [0.4, 0.5) is 11.8 Å². The number of hydrogen-bond acceptors (Lipinski definition) is 6. The van der Waals surface area contributed by atoms with E-state index in [0.29, 0.717) is 24.4 Å². The smallest absolute Gasteiger partial charge is 0.224 e. The van der Waals surface area contributed by atoms with E-state index < -0.39 is 0 Å². The van der Waals surface area contributed by atoms with Crippen molar-refractivity contribution in [3.8, 4) is 0 Å². The Labute approximate surface area is 194 Å². The highest BCUT2D eigenvalue weighted by Crippen LogP contribution is 2.26. The molecule has 1 atom stereocenters. The van der Waals surface area contributed by atoms with Crippen LogP contribution in [-0.4, -0.2) is 77.0 Å². The van der Waals surface area contributed by atoms with Crippen molar-refractivity contribution in [3.05, 3.63) is 12.3 Å². The number of amides is 1. The summed E-state index contributed by atoms with van der Waals surface area (Å²) in [5.41, 5.74) is 0.0639. The standard InChI is InChI=1S/C25H42N6O/c1-25(2,3)18-23(32)30-16-10-21(11-17-30)31-15-9-20(19-31)27-24-26-12-8-22(28-24)29-13-6-4-5-7-14-29/h8,12,20-21H,4-7,9-11,13-19H2,1-3H3,(H,26,27,28). The molecule has 0 aliphatic carbocycles. The maximum absolute atomic E-state index is 12.5. The molecule has 1 amide bonds. The first-order valence-electron chi connectivity index (χ1n) is 12.7. The van der Waals surface area contributed by atoms with E-state index in [0.717, 1.165) is 70.3 Å². The van der Waals surface area contributed by atoms with Crippen LogP contribution in [-0.2, 0) is 4.79 Å². The second kappa shape index (κ2) is 10.4. The summed E-state index contributed by atoms with van der Waals surface area (Å²) in [6.07, 6.45) is 11.0. The molecular weight excluding hydrogens is 400 g/mol. The van der Waals surface area contributed by atoms with E-state index >= 15 is 0 Å². The maximum Gasteiger partial charge on any atom is 0.224 e. The van der Waals surface area contributed by atoms with Crippen molar-refractivity contribution in [1.82, 2.24) is 19.8 Å². The fourth-order valence-corrected chi connectivity index (χ4v) is 5.36. The molecule has 0 radical (unpaired) electrons.